The van der Waals surface area contributed by atoms with Crippen LogP contribution in [0.1, 0.15) is 39.5 Å². The fraction of sp³-hybridized carbons (Fsp3) is 0.562. The van der Waals surface area contributed by atoms with Gasteiger partial charge in [0.05, 0.1) is 12.1 Å². The Labute approximate surface area is 124 Å². The number of carbonyl (C=O) groups excluding carboxylic acids is 1. The second-order valence-corrected chi connectivity index (χ2v) is 6.00. The normalized spacial score (nSPS) is 22.7. The first kappa shape index (κ1) is 15.8. The zero-order chi connectivity index (χ0) is 15.5. The molecule has 5 heteroatoms. The van der Waals surface area contributed by atoms with Crippen molar-refractivity contribution in [3.63, 3.8) is 0 Å². The van der Waals surface area contributed by atoms with E-state index < -0.39 is 11.7 Å². The molecule has 0 aliphatic heterocycles. The van der Waals surface area contributed by atoms with Crippen molar-refractivity contribution in [1.29, 1.82) is 0 Å². The second kappa shape index (κ2) is 6.43. The Bertz CT molecular complexity index is 487. The van der Waals surface area contributed by atoms with E-state index in [0.717, 1.165) is 19.3 Å². The number of hydrogen-bond donors (Lipinski definition) is 2. The molecule has 0 bridgehead atoms. The molecule has 4 nitrogen and oxygen atoms in total. The summed E-state index contributed by atoms with van der Waals surface area (Å²) < 4.78 is 18.5. The Morgan fingerprint density at radius 1 is 1.29 bits per heavy atom. The third-order valence-electron chi connectivity index (χ3n) is 3.78. The largest absolute Gasteiger partial charge is 0.478 e. The van der Waals surface area contributed by atoms with Crippen LogP contribution < -0.4 is 10.1 Å². The molecule has 21 heavy (non-hydrogen) atoms. The van der Waals surface area contributed by atoms with Crippen LogP contribution in [0.2, 0.25) is 0 Å². The van der Waals surface area contributed by atoms with Crippen molar-refractivity contribution in [2.45, 2.75) is 57.3 Å². The summed E-state index contributed by atoms with van der Waals surface area (Å²) in [5, 5.41) is 12.8. The molecular weight excluding hydrogens is 273 g/mol. The summed E-state index contributed by atoms with van der Waals surface area (Å²) in [7, 11) is 0. The van der Waals surface area contributed by atoms with Gasteiger partial charge in [-0.3, -0.25) is 4.79 Å². The number of hydrogen-bond acceptors (Lipinski definition) is 3. The minimum Gasteiger partial charge on any atom is -0.478 e. The number of aliphatic hydroxyl groups excluding tert-OH is 1. The highest BCUT2D eigenvalue weighted by Crippen LogP contribution is 2.22. The van der Waals surface area contributed by atoms with E-state index >= 15 is 0 Å². The predicted molar refractivity (Wildman–Crippen MR) is 77.5 cm³/mol. The Hall–Kier alpha value is -1.62. The van der Waals surface area contributed by atoms with Gasteiger partial charge in [0.15, 0.2) is 5.60 Å². The monoisotopic (exact) mass is 295 g/mol. The standard InChI is InChI=1S/C16H22FNO3/c1-16(2,21-12-9-7-11(17)8-10-12)15(20)18-13-5-3-4-6-14(13)19/h7-10,13-14,19H,3-6H2,1-2H3,(H,18,20)/t13-,14-/m1/s1. The number of halogens is 1. The number of nitrogens with one attached hydrogen (secondary N) is 1. The van der Waals surface area contributed by atoms with Crippen molar-refractivity contribution in [1.82, 2.24) is 5.32 Å². The van der Waals surface area contributed by atoms with Crippen LogP contribution in [-0.2, 0) is 4.79 Å². The van der Waals surface area contributed by atoms with Crippen LogP contribution in [0.25, 0.3) is 0 Å². The van der Waals surface area contributed by atoms with E-state index in [-0.39, 0.29) is 17.8 Å². The Kier molecular flexibility index (Phi) is 4.83. The number of ether oxygens (including phenoxy) is 1. The fourth-order valence-electron chi connectivity index (χ4n) is 2.47. The molecule has 2 N–H and O–H groups in total. The molecule has 1 aliphatic rings. The smallest absolute Gasteiger partial charge is 0.263 e. The van der Waals surface area contributed by atoms with Gasteiger partial charge in [-0.2, -0.15) is 0 Å². The Balaban J connectivity index is 1.97. The molecule has 0 spiro atoms. The number of aliphatic hydroxyl groups is 1. The van der Waals surface area contributed by atoms with E-state index in [4.69, 9.17) is 4.74 Å². The summed E-state index contributed by atoms with van der Waals surface area (Å²) in [6.45, 7) is 3.31. The van der Waals surface area contributed by atoms with Crippen LogP contribution in [0.15, 0.2) is 24.3 Å². The second-order valence-electron chi connectivity index (χ2n) is 6.00. The van der Waals surface area contributed by atoms with Crippen LogP contribution in [-0.4, -0.2) is 28.8 Å². The lowest BCUT2D eigenvalue weighted by Gasteiger charge is -2.32. The number of carbonyl (C=O) groups is 1. The summed E-state index contributed by atoms with van der Waals surface area (Å²) in [6.07, 6.45) is 2.98. The minimum atomic E-state index is -1.09. The SMILES string of the molecule is CC(C)(Oc1ccc(F)cc1)C(=O)N[C@@H]1CCCC[C@H]1O. The maximum atomic E-state index is 12.9. The molecule has 1 fully saturated rings. The zero-order valence-electron chi connectivity index (χ0n) is 12.4. The minimum absolute atomic E-state index is 0.220. The van der Waals surface area contributed by atoms with E-state index in [1.807, 2.05) is 0 Å². The lowest BCUT2D eigenvalue weighted by molar-refractivity contribution is -0.136. The average molecular weight is 295 g/mol. The highest BCUT2D eigenvalue weighted by atomic mass is 19.1. The lowest BCUT2D eigenvalue weighted by Crippen LogP contribution is -2.53. The third-order valence-corrected chi connectivity index (χ3v) is 3.78. The highest BCUT2D eigenvalue weighted by Gasteiger charge is 2.34. The van der Waals surface area contributed by atoms with Gasteiger partial charge in [-0.05, 0) is 51.0 Å². The number of benzene rings is 1. The molecule has 1 amide bonds. The van der Waals surface area contributed by atoms with Gasteiger partial charge in [-0.1, -0.05) is 12.8 Å². The van der Waals surface area contributed by atoms with Gasteiger partial charge in [-0.15, -0.1) is 0 Å². The van der Waals surface area contributed by atoms with Crippen molar-refractivity contribution in [2.75, 3.05) is 0 Å². The molecule has 116 valence electrons. The van der Waals surface area contributed by atoms with E-state index in [1.54, 1.807) is 13.8 Å². The molecule has 1 aromatic rings. The Morgan fingerprint density at radius 2 is 1.90 bits per heavy atom. The zero-order valence-corrected chi connectivity index (χ0v) is 12.4. The molecule has 1 aliphatic carbocycles. The van der Waals surface area contributed by atoms with Gasteiger partial charge in [0, 0.05) is 0 Å². The fourth-order valence-corrected chi connectivity index (χ4v) is 2.47. The van der Waals surface area contributed by atoms with Crippen LogP contribution in [0, 0.1) is 5.82 Å². The first-order valence-electron chi connectivity index (χ1n) is 7.32. The molecule has 0 saturated heterocycles. The molecule has 2 rings (SSSR count). The van der Waals surface area contributed by atoms with E-state index in [0.29, 0.717) is 12.2 Å². The van der Waals surface area contributed by atoms with Crippen LogP contribution in [0.4, 0.5) is 4.39 Å². The number of amides is 1. The van der Waals surface area contributed by atoms with Crippen molar-refractivity contribution < 1.29 is 19.0 Å². The summed E-state index contributed by atoms with van der Waals surface area (Å²) >= 11 is 0. The summed E-state index contributed by atoms with van der Waals surface area (Å²) in [5.41, 5.74) is -1.09. The van der Waals surface area contributed by atoms with Crippen molar-refractivity contribution in [2.24, 2.45) is 0 Å². The quantitative estimate of drug-likeness (QED) is 0.897. The third kappa shape index (κ3) is 4.17. The molecule has 1 saturated carbocycles. The topological polar surface area (TPSA) is 58.6 Å². The van der Waals surface area contributed by atoms with E-state index in [1.165, 1.54) is 24.3 Å². The van der Waals surface area contributed by atoms with Gasteiger partial charge in [0.1, 0.15) is 11.6 Å². The maximum Gasteiger partial charge on any atom is 0.263 e. The van der Waals surface area contributed by atoms with Gasteiger partial charge < -0.3 is 15.2 Å². The van der Waals surface area contributed by atoms with Gasteiger partial charge >= 0.3 is 0 Å². The highest BCUT2D eigenvalue weighted by molar-refractivity contribution is 5.85. The first-order chi connectivity index (χ1) is 9.88. The summed E-state index contributed by atoms with van der Waals surface area (Å²) in [6, 6.07) is 5.32. The lowest BCUT2D eigenvalue weighted by atomic mass is 9.92. The van der Waals surface area contributed by atoms with Gasteiger partial charge in [-0.25, -0.2) is 4.39 Å². The molecule has 0 heterocycles. The Morgan fingerprint density at radius 3 is 2.52 bits per heavy atom. The van der Waals surface area contributed by atoms with E-state index in [9.17, 15) is 14.3 Å². The number of rotatable bonds is 4. The molecule has 2 atom stereocenters. The van der Waals surface area contributed by atoms with Crippen molar-refractivity contribution in [3.8, 4) is 5.75 Å². The maximum absolute atomic E-state index is 12.9. The summed E-state index contributed by atoms with van der Waals surface area (Å²) in [4.78, 5) is 12.3. The molecular formula is C16H22FNO3. The van der Waals surface area contributed by atoms with E-state index in [2.05, 4.69) is 5.32 Å². The predicted octanol–water partition coefficient (Wildman–Crippen LogP) is 2.40. The van der Waals surface area contributed by atoms with Crippen LogP contribution in [0.3, 0.4) is 0 Å². The molecule has 1 aromatic carbocycles. The van der Waals surface area contributed by atoms with Crippen LogP contribution >= 0.6 is 0 Å². The first-order valence-corrected chi connectivity index (χ1v) is 7.32. The molecule has 0 unspecified atom stereocenters. The summed E-state index contributed by atoms with van der Waals surface area (Å²) in [5.74, 6) is -0.201. The van der Waals surface area contributed by atoms with Crippen molar-refractivity contribution in [3.05, 3.63) is 30.1 Å². The van der Waals surface area contributed by atoms with Crippen LogP contribution in [0.5, 0.6) is 5.75 Å². The van der Waals surface area contributed by atoms with Gasteiger partial charge in [0.2, 0.25) is 0 Å². The molecule has 0 aromatic heterocycles. The van der Waals surface area contributed by atoms with Crippen molar-refractivity contribution >= 4 is 5.91 Å². The molecule has 0 radical (unpaired) electrons. The van der Waals surface area contributed by atoms with Gasteiger partial charge in [0.25, 0.3) is 5.91 Å². The average Bonchev–Trinajstić information content (AvgIpc) is 2.43.